The molecule has 0 saturated carbocycles. The summed E-state index contributed by atoms with van der Waals surface area (Å²) < 4.78 is 0. The van der Waals surface area contributed by atoms with Crippen molar-refractivity contribution in [3.8, 4) is 6.07 Å². The van der Waals surface area contributed by atoms with Crippen molar-refractivity contribution in [1.29, 1.82) is 5.26 Å². The third-order valence-corrected chi connectivity index (χ3v) is 6.04. The van der Waals surface area contributed by atoms with Crippen molar-refractivity contribution in [2.24, 2.45) is 5.73 Å². The smallest absolute Gasteiger partial charge is 0.269 e. The van der Waals surface area contributed by atoms with Crippen LogP contribution in [-0.2, 0) is 4.79 Å². The zero-order valence-electron chi connectivity index (χ0n) is 17.3. The van der Waals surface area contributed by atoms with E-state index in [0.717, 1.165) is 64.1 Å². The lowest BCUT2D eigenvalue weighted by atomic mass is 10.1. The fraction of sp³-hybridized carbons (Fsp3) is 0.619. The lowest BCUT2D eigenvalue weighted by Crippen LogP contribution is -2.47. The van der Waals surface area contributed by atoms with E-state index in [-0.39, 0.29) is 22.6 Å². The Morgan fingerprint density at radius 3 is 2.53 bits per heavy atom. The monoisotopic (exact) mass is 414 g/mol. The van der Waals surface area contributed by atoms with Crippen LogP contribution in [0.4, 0.5) is 11.4 Å². The zero-order valence-corrected chi connectivity index (χ0v) is 17.3. The first-order chi connectivity index (χ1) is 14.5. The van der Waals surface area contributed by atoms with Gasteiger partial charge in [0.05, 0.1) is 17.0 Å². The molecule has 2 heterocycles. The summed E-state index contributed by atoms with van der Waals surface area (Å²) in [6, 6.07) is 8.08. The molecule has 0 bridgehead atoms. The molecule has 2 saturated heterocycles. The van der Waals surface area contributed by atoms with Crippen LogP contribution in [0.1, 0.15) is 32.1 Å². The summed E-state index contributed by atoms with van der Waals surface area (Å²) in [5, 5.41) is 19.9. The number of hydrogen-bond acceptors (Lipinski definition) is 7. The van der Waals surface area contributed by atoms with Gasteiger partial charge in [-0.1, -0.05) is 6.42 Å². The molecule has 9 heteroatoms. The maximum atomic E-state index is 12.4. The minimum atomic E-state index is -0.516. The Kier molecular flexibility index (Phi) is 7.60. The first-order valence-corrected chi connectivity index (χ1v) is 10.7. The predicted molar refractivity (Wildman–Crippen MR) is 114 cm³/mol. The van der Waals surface area contributed by atoms with E-state index in [1.54, 1.807) is 17.0 Å². The van der Waals surface area contributed by atoms with Crippen molar-refractivity contribution in [2.45, 2.75) is 44.2 Å². The number of nitrogens with two attached hydrogens (primary N) is 1. The van der Waals surface area contributed by atoms with Crippen molar-refractivity contribution in [1.82, 2.24) is 9.80 Å². The van der Waals surface area contributed by atoms with E-state index >= 15 is 0 Å². The number of carbonyl (C=O) groups excluding carboxylic acids is 1. The molecule has 0 spiro atoms. The molecule has 1 aromatic rings. The second kappa shape index (κ2) is 10.4. The average molecular weight is 415 g/mol. The lowest BCUT2D eigenvalue weighted by molar-refractivity contribution is -0.384. The summed E-state index contributed by atoms with van der Waals surface area (Å²) in [6.07, 6.45) is 4.15. The molecule has 0 radical (unpaired) electrons. The molecule has 9 nitrogen and oxygen atoms in total. The molecule has 2 N–H and O–H groups in total. The van der Waals surface area contributed by atoms with Gasteiger partial charge >= 0.3 is 0 Å². The molecule has 0 unspecified atom stereocenters. The third-order valence-electron chi connectivity index (χ3n) is 6.04. The molecular formula is C21H30N6O3. The highest BCUT2D eigenvalue weighted by atomic mass is 16.6. The van der Waals surface area contributed by atoms with E-state index in [2.05, 4.69) is 15.9 Å². The lowest BCUT2D eigenvalue weighted by Gasteiger charge is -2.36. The number of nitro benzene ring substituents is 1. The topological polar surface area (TPSA) is 120 Å². The van der Waals surface area contributed by atoms with Crippen LogP contribution in [0.25, 0.3) is 0 Å². The maximum absolute atomic E-state index is 12.4. The van der Waals surface area contributed by atoms with E-state index in [1.165, 1.54) is 0 Å². The number of hydrogen-bond donors (Lipinski definition) is 1. The van der Waals surface area contributed by atoms with Gasteiger partial charge in [0.2, 0.25) is 5.91 Å². The summed E-state index contributed by atoms with van der Waals surface area (Å²) in [6.45, 7) is 5.28. The van der Waals surface area contributed by atoms with Crippen LogP contribution in [-0.4, -0.2) is 72.0 Å². The van der Waals surface area contributed by atoms with Crippen LogP contribution in [0.3, 0.4) is 0 Å². The van der Waals surface area contributed by atoms with Crippen molar-refractivity contribution < 1.29 is 9.72 Å². The zero-order chi connectivity index (χ0) is 21.5. The van der Waals surface area contributed by atoms with Crippen LogP contribution in [0.5, 0.6) is 0 Å². The number of benzene rings is 1. The fourth-order valence-corrected chi connectivity index (χ4v) is 4.22. The summed E-state index contributed by atoms with van der Waals surface area (Å²) in [5.41, 5.74) is 7.21. The van der Waals surface area contributed by atoms with E-state index < -0.39 is 6.04 Å². The van der Waals surface area contributed by atoms with Crippen molar-refractivity contribution >= 4 is 17.3 Å². The second-order valence-electron chi connectivity index (χ2n) is 8.02. The molecule has 2 aliphatic rings. The van der Waals surface area contributed by atoms with E-state index in [1.807, 2.05) is 12.1 Å². The van der Waals surface area contributed by atoms with Crippen LogP contribution < -0.4 is 10.6 Å². The van der Waals surface area contributed by atoms with Gasteiger partial charge in [0.25, 0.3) is 5.69 Å². The van der Waals surface area contributed by atoms with Crippen LogP contribution in [0.2, 0.25) is 0 Å². The molecular weight excluding hydrogens is 384 g/mol. The van der Waals surface area contributed by atoms with Crippen molar-refractivity contribution in [3.63, 3.8) is 0 Å². The van der Waals surface area contributed by atoms with Crippen LogP contribution >= 0.6 is 0 Å². The summed E-state index contributed by atoms with van der Waals surface area (Å²) >= 11 is 0. The van der Waals surface area contributed by atoms with Crippen molar-refractivity contribution in [2.75, 3.05) is 44.2 Å². The number of unbranched alkanes of at least 4 members (excludes halogenated alkanes) is 1. The Balaban J connectivity index is 1.33. The number of rotatable bonds is 8. The van der Waals surface area contributed by atoms with Gasteiger partial charge in [-0.3, -0.25) is 19.8 Å². The van der Waals surface area contributed by atoms with Crippen LogP contribution in [0.15, 0.2) is 24.3 Å². The SMILES string of the molecule is N#C[C@@H]1CCCN1C(=O)[C@@H](N)CCCCN1CCN(c2ccc([N+](=O)[O-])cc2)CC1. The van der Waals surface area contributed by atoms with E-state index in [4.69, 9.17) is 11.0 Å². The molecule has 2 aliphatic heterocycles. The molecule has 0 aromatic heterocycles. The largest absolute Gasteiger partial charge is 0.369 e. The van der Waals surface area contributed by atoms with Gasteiger partial charge in [0, 0.05) is 50.5 Å². The number of anilines is 1. The highest BCUT2D eigenvalue weighted by Crippen LogP contribution is 2.21. The summed E-state index contributed by atoms with van der Waals surface area (Å²) in [5.74, 6) is -0.0873. The molecule has 162 valence electrons. The summed E-state index contributed by atoms with van der Waals surface area (Å²) in [4.78, 5) is 29.1. The van der Waals surface area contributed by atoms with Gasteiger partial charge in [0.1, 0.15) is 6.04 Å². The highest BCUT2D eigenvalue weighted by molar-refractivity contribution is 5.82. The Morgan fingerprint density at radius 2 is 1.90 bits per heavy atom. The van der Waals surface area contributed by atoms with Gasteiger partial charge in [-0.05, 0) is 44.4 Å². The minimum absolute atomic E-state index is 0.0873. The number of carbonyl (C=O) groups is 1. The quantitative estimate of drug-likeness (QED) is 0.391. The molecule has 2 fully saturated rings. The van der Waals surface area contributed by atoms with E-state index in [0.29, 0.717) is 13.0 Å². The molecule has 1 amide bonds. The number of nitriles is 1. The van der Waals surface area contributed by atoms with Crippen LogP contribution in [0, 0.1) is 21.4 Å². The number of nitrogens with zero attached hydrogens (tertiary/aromatic N) is 5. The summed E-state index contributed by atoms with van der Waals surface area (Å²) in [7, 11) is 0. The third kappa shape index (κ3) is 5.46. The first kappa shape index (κ1) is 22.0. The fourth-order valence-electron chi connectivity index (χ4n) is 4.22. The molecule has 1 aromatic carbocycles. The Labute approximate surface area is 177 Å². The number of amides is 1. The predicted octanol–water partition coefficient (Wildman–Crippen LogP) is 1.73. The average Bonchev–Trinajstić information content (AvgIpc) is 3.25. The number of likely N-dealkylation sites (tertiary alicyclic amines) is 1. The standard InChI is InChI=1S/C21H30N6O3/c22-16-19-4-3-11-26(19)21(28)20(23)5-1-2-10-24-12-14-25(15-13-24)17-6-8-18(9-7-17)27(29)30/h6-9,19-20H,1-5,10-15,23H2/t19-,20-/m0/s1. The maximum Gasteiger partial charge on any atom is 0.269 e. The van der Waals surface area contributed by atoms with Gasteiger partial charge in [-0.15, -0.1) is 0 Å². The van der Waals surface area contributed by atoms with Gasteiger partial charge in [-0.25, -0.2) is 0 Å². The van der Waals surface area contributed by atoms with Gasteiger partial charge in [0.15, 0.2) is 0 Å². The number of piperazine rings is 1. The Hall–Kier alpha value is -2.70. The first-order valence-electron chi connectivity index (χ1n) is 10.7. The molecule has 3 rings (SSSR count). The van der Waals surface area contributed by atoms with Crippen molar-refractivity contribution in [3.05, 3.63) is 34.4 Å². The normalized spacial score (nSPS) is 20.7. The Morgan fingerprint density at radius 1 is 1.20 bits per heavy atom. The second-order valence-corrected chi connectivity index (χ2v) is 8.02. The molecule has 0 aliphatic carbocycles. The van der Waals surface area contributed by atoms with Gasteiger partial charge in [-0.2, -0.15) is 5.26 Å². The minimum Gasteiger partial charge on any atom is -0.369 e. The van der Waals surface area contributed by atoms with E-state index in [9.17, 15) is 14.9 Å². The highest BCUT2D eigenvalue weighted by Gasteiger charge is 2.31. The molecule has 30 heavy (non-hydrogen) atoms. The Bertz CT molecular complexity index is 770. The van der Waals surface area contributed by atoms with Gasteiger partial charge < -0.3 is 15.5 Å². The number of non-ortho nitro benzene ring substituents is 1. The number of nitro groups is 1. The molecule has 2 atom stereocenters.